The van der Waals surface area contributed by atoms with Crippen LogP contribution >= 0.6 is 0 Å². The Hall–Kier alpha value is -1.70. The highest BCUT2D eigenvalue weighted by Gasteiger charge is 2.21. The first-order valence-corrected chi connectivity index (χ1v) is 10.2. The van der Waals surface area contributed by atoms with Gasteiger partial charge in [0, 0.05) is 24.7 Å². The zero-order valence-corrected chi connectivity index (χ0v) is 15.5. The fourth-order valence-electron chi connectivity index (χ4n) is 2.99. The number of benzene rings is 1. The molecule has 0 bridgehead atoms. The summed E-state index contributed by atoms with van der Waals surface area (Å²) < 4.78 is 26.4. The molecule has 138 valence electrons. The van der Waals surface area contributed by atoms with Gasteiger partial charge >= 0.3 is 0 Å². The third-order valence-corrected chi connectivity index (χ3v) is 5.91. The van der Waals surface area contributed by atoms with Gasteiger partial charge in [-0.2, -0.15) is 0 Å². The minimum absolute atomic E-state index is 0.134. The maximum atomic E-state index is 12.3. The van der Waals surface area contributed by atoms with E-state index in [9.17, 15) is 13.2 Å². The molecule has 0 aromatic heterocycles. The number of nitrogens with zero attached hydrogens (tertiary/aromatic N) is 1. The zero-order valence-electron chi connectivity index (χ0n) is 14.7. The maximum Gasteiger partial charge on any atom is 0.251 e. The third kappa shape index (κ3) is 5.39. The van der Waals surface area contributed by atoms with Crippen LogP contribution in [0.2, 0.25) is 0 Å². The Bertz CT molecular complexity index is 680. The van der Waals surface area contributed by atoms with Gasteiger partial charge in [-0.1, -0.05) is 13.0 Å². The minimum atomic E-state index is -3.57. The monoisotopic (exact) mass is 365 g/mol. The first-order valence-electron chi connectivity index (χ1n) is 8.70. The zero-order chi connectivity index (χ0) is 18.3. The summed E-state index contributed by atoms with van der Waals surface area (Å²) in [6.07, 6.45) is 4.91. The SMILES string of the molecule is C=CCNS(=O)(=O)c1ccc(C(=O)NCC(CC)N2CCCC2)cc1. The van der Waals surface area contributed by atoms with Crippen molar-refractivity contribution < 1.29 is 13.2 Å². The Kier molecular flexibility index (Phi) is 7.16. The van der Waals surface area contributed by atoms with E-state index in [1.165, 1.54) is 43.2 Å². The third-order valence-electron chi connectivity index (χ3n) is 4.47. The molecule has 0 radical (unpaired) electrons. The van der Waals surface area contributed by atoms with Crippen LogP contribution in [0.15, 0.2) is 41.8 Å². The highest BCUT2D eigenvalue weighted by molar-refractivity contribution is 7.89. The number of hydrogen-bond acceptors (Lipinski definition) is 4. The molecule has 1 aliphatic heterocycles. The van der Waals surface area contributed by atoms with Crippen molar-refractivity contribution in [1.29, 1.82) is 0 Å². The molecule has 1 aromatic carbocycles. The van der Waals surface area contributed by atoms with E-state index < -0.39 is 10.0 Å². The van der Waals surface area contributed by atoms with Crippen molar-refractivity contribution in [1.82, 2.24) is 14.9 Å². The molecular weight excluding hydrogens is 338 g/mol. The van der Waals surface area contributed by atoms with Gasteiger partial charge in [0.15, 0.2) is 0 Å². The summed E-state index contributed by atoms with van der Waals surface area (Å²) in [4.78, 5) is 14.9. The molecule has 7 heteroatoms. The summed E-state index contributed by atoms with van der Waals surface area (Å²) in [5.41, 5.74) is 0.457. The molecule has 1 fully saturated rings. The Morgan fingerprint density at radius 3 is 2.48 bits per heavy atom. The van der Waals surface area contributed by atoms with E-state index in [0.717, 1.165) is 19.5 Å². The van der Waals surface area contributed by atoms with Gasteiger partial charge in [0.05, 0.1) is 4.90 Å². The van der Waals surface area contributed by atoms with Gasteiger partial charge in [-0.15, -0.1) is 6.58 Å². The van der Waals surface area contributed by atoms with Crippen molar-refractivity contribution in [2.45, 2.75) is 37.1 Å². The highest BCUT2D eigenvalue weighted by Crippen LogP contribution is 2.14. The lowest BCUT2D eigenvalue weighted by Crippen LogP contribution is -2.42. The van der Waals surface area contributed by atoms with E-state index in [2.05, 4.69) is 28.4 Å². The average Bonchev–Trinajstić information content (AvgIpc) is 3.15. The number of amides is 1. The van der Waals surface area contributed by atoms with Crippen LogP contribution in [0.4, 0.5) is 0 Å². The average molecular weight is 365 g/mol. The number of hydrogen-bond donors (Lipinski definition) is 2. The maximum absolute atomic E-state index is 12.3. The van der Waals surface area contributed by atoms with Crippen LogP contribution in [-0.2, 0) is 10.0 Å². The summed E-state index contributed by atoms with van der Waals surface area (Å²) in [6, 6.07) is 6.31. The second-order valence-electron chi connectivity index (χ2n) is 6.18. The molecule has 1 aromatic rings. The van der Waals surface area contributed by atoms with E-state index in [-0.39, 0.29) is 17.3 Å². The summed E-state index contributed by atoms with van der Waals surface area (Å²) in [6.45, 7) is 8.58. The van der Waals surface area contributed by atoms with E-state index >= 15 is 0 Å². The van der Waals surface area contributed by atoms with Crippen LogP contribution in [0.3, 0.4) is 0 Å². The highest BCUT2D eigenvalue weighted by atomic mass is 32.2. The molecule has 0 spiro atoms. The Balaban J connectivity index is 1.94. The minimum Gasteiger partial charge on any atom is -0.350 e. The van der Waals surface area contributed by atoms with E-state index in [1.54, 1.807) is 0 Å². The predicted molar refractivity (Wildman–Crippen MR) is 99.0 cm³/mol. The van der Waals surface area contributed by atoms with Gasteiger partial charge in [-0.25, -0.2) is 13.1 Å². The number of sulfonamides is 1. The molecule has 1 saturated heterocycles. The fourth-order valence-corrected chi connectivity index (χ4v) is 3.99. The first-order chi connectivity index (χ1) is 12.0. The van der Waals surface area contributed by atoms with Crippen molar-refractivity contribution >= 4 is 15.9 Å². The van der Waals surface area contributed by atoms with Crippen LogP contribution < -0.4 is 10.0 Å². The van der Waals surface area contributed by atoms with Gasteiger partial charge in [0.1, 0.15) is 0 Å². The van der Waals surface area contributed by atoms with Gasteiger partial charge in [0.25, 0.3) is 5.91 Å². The van der Waals surface area contributed by atoms with Gasteiger partial charge in [0.2, 0.25) is 10.0 Å². The molecule has 2 N–H and O–H groups in total. The van der Waals surface area contributed by atoms with Gasteiger partial charge in [-0.3, -0.25) is 9.69 Å². The van der Waals surface area contributed by atoms with Crippen LogP contribution in [0, 0.1) is 0 Å². The largest absolute Gasteiger partial charge is 0.350 e. The number of carbonyl (C=O) groups is 1. The summed E-state index contributed by atoms with van der Waals surface area (Å²) in [5, 5.41) is 2.96. The first kappa shape index (κ1) is 19.6. The van der Waals surface area contributed by atoms with Crippen molar-refractivity contribution in [3.63, 3.8) is 0 Å². The molecule has 1 atom stereocenters. The number of likely N-dealkylation sites (tertiary alicyclic amines) is 1. The van der Waals surface area contributed by atoms with Crippen LogP contribution in [0.1, 0.15) is 36.5 Å². The standard InChI is InChI=1S/C18H27N3O3S/c1-3-11-20-25(23,24)17-9-7-15(8-10-17)18(22)19-14-16(4-2)21-12-5-6-13-21/h3,7-10,16,20H,1,4-6,11-14H2,2H3,(H,19,22). The van der Waals surface area contributed by atoms with E-state index in [4.69, 9.17) is 0 Å². The molecule has 1 amide bonds. The van der Waals surface area contributed by atoms with E-state index in [0.29, 0.717) is 18.2 Å². The lowest BCUT2D eigenvalue weighted by atomic mass is 10.1. The molecule has 25 heavy (non-hydrogen) atoms. The van der Waals surface area contributed by atoms with Crippen molar-refractivity contribution in [2.24, 2.45) is 0 Å². The topological polar surface area (TPSA) is 78.5 Å². The van der Waals surface area contributed by atoms with Crippen molar-refractivity contribution in [3.05, 3.63) is 42.5 Å². The summed E-state index contributed by atoms with van der Waals surface area (Å²) >= 11 is 0. The normalized spacial score (nSPS) is 16.5. The lowest BCUT2D eigenvalue weighted by Gasteiger charge is -2.26. The molecular formula is C18H27N3O3S. The smallest absolute Gasteiger partial charge is 0.251 e. The Morgan fingerprint density at radius 2 is 1.92 bits per heavy atom. The molecule has 0 saturated carbocycles. The van der Waals surface area contributed by atoms with Crippen molar-refractivity contribution in [2.75, 3.05) is 26.2 Å². The summed E-state index contributed by atoms with van der Waals surface area (Å²) in [7, 11) is -3.57. The number of carbonyl (C=O) groups excluding carboxylic acids is 1. The van der Waals surface area contributed by atoms with Crippen molar-refractivity contribution in [3.8, 4) is 0 Å². The van der Waals surface area contributed by atoms with E-state index in [1.807, 2.05) is 0 Å². The number of rotatable bonds is 9. The molecule has 6 nitrogen and oxygen atoms in total. The summed E-state index contributed by atoms with van der Waals surface area (Å²) in [5.74, 6) is -0.180. The van der Waals surface area contributed by atoms with Crippen LogP contribution in [0.25, 0.3) is 0 Å². The fraction of sp³-hybridized carbons (Fsp3) is 0.500. The molecule has 1 unspecified atom stereocenters. The molecule has 1 aliphatic rings. The van der Waals surface area contributed by atoms with Crippen LogP contribution in [0.5, 0.6) is 0 Å². The predicted octanol–water partition coefficient (Wildman–Crippen LogP) is 1.76. The Labute approximate surface area is 150 Å². The molecule has 1 heterocycles. The molecule has 0 aliphatic carbocycles. The van der Waals surface area contributed by atoms with Gasteiger partial charge in [-0.05, 0) is 56.6 Å². The van der Waals surface area contributed by atoms with Crippen LogP contribution in [-0.4, -0.2) is 51.4 Å². The lowest BCUT2D eigenvalue weighted by molar-refractivity contribution is 0.0937. The second-order valence-corrected chi connectivity index (χ2v) is 7.95. The molecule has 2 rings (SSSR count). The Morgan fingerprint density at radius 1 is 1.28 bits per heavy atom. The van der Waals surface area contributed by atoms with Gasteiger partial charge < -0.3 is 5.32 Å². The quantitative estimate of drug-likeness (QED) is 0.654. The second kappa shape index (κ2) is 9.12. The number of nitrogens with one attached hydrogen (secondary N) is 2.